The van der Waals surface area contributed by atoms with E-state index in [0.29, 0.717) is 0 Å². The lowest BCUT2D eigenvalue weighted by molar-refractivity contribution is 1.05. The van der Waals surface area contributed by atoms with Crippen molar-refractivity contribution in [2.24, 2.45) is 0 Å². The second-order valence-corrected chi connectivity index (χ2v) is 2.10. The molecule has 0 heteroatoms. The fourth-order valence-corrected chi connectivity index (χ4v) is 0.645. The zero-order chi connectivity index (χ0) is 7.66. The first-order chi connectivity index (χ1) is 4.91. The van der Waals surface area contributed by atoms with Crippen LogP contribution in [0.1, 0.15) is 26.7 Å². The summed E-state index contributed by atoms with van der Waals surface area (Å²) < 4.78 is 0. The van der Waals surface area contributed by atoms with Crippen LogP contribution in [0, 0.1) is 0 Å². The Morgan fingerprint density at radius 2 is 1.50 bits per heavy atom. The molecule has 0 spiro atoms. The van der Waals surface area contributed by atoms with Gasteiger partial charge in [0.1, 0.15) is 0 Å². The second kappa shape index (κ2) is 8.22. The third kappa shape index (κ3) is 7.22. The molecule has 0 aliphatic rings. The Morgan fingerprint density at radius 3 is 2.10 bits per heavy atom. The Morgan fingerprint density at radius 1 is 0.800 bits per heavy atom. The molecule has 0 rings (SSSR count). The molecule has 56 valence electrons. The summed E-state index contributed by atoms with van der Waals surface area (Å²) in [6, 6.07) is 0. The predicted octanol–water partition coefficient (Wildman–Crippen LogP) is 3.48. The Hall–Kier alpha value is -0.780. The van der Waals surface area contributed by atoms with E-state index in [-0.39, 0.29) is 0 Å². The van der Waals surface area contributed by atoms with Crippen molar-refractivity contribution in [3.05, 3.63) is 36.5 Å². The maximum Gasteiger partial charge on any atom is -0.0313 e. The molecule has 0 unspecified atom stereocenters. The largest absolute Gasteiger partial charge is 0.0917 e. The topological polar surface area (TPSA) is 0 Å². The lowest BCUT2D eigenvalue weighted by Crippen LogP contribution is -1.61. The van der Waals surface area contributed by atoms with E-state index < -0.39 is 0 Å². The summed E-state index contributed by atoms with van der Waals surface area (Å²) in [5.74, 6) is 0. The van der Waals surface area contributed by atoms with E-state index in [1.165, 1.54) is 0 Å². The average Bonchev–Trinajstić information content (AvgIpc) is 1.97. The van der Waals surface area contributed by atoms with E-state index in [2.05, 4.69) is 37.3 Å². The van der Waals surface area contributed by atoms with Crippen molar-refractivity contribution in [3.8, 4) is 0 Å². The van der Waals surface area contributed by atoms with E-state index in [1.54, 1.807) is 0 Å². The maximum absolute atomic E-state index is 2.18. The minimum atomic E-state index is 1.15. The zero-order valence-corrected chi connectivity index (χ0v) is 6.88. The monoisotopic (exact) mass is 136 g/mol. The molecule has 10 heavy (non-hydrogen) atoms. The van der Waals surface area contributed by atoms with Crippen molar-refractivity contribution < 1.29 is 0 Å². The molecule has 0 aromatic heterocycles. The van der Waals surface area contributed by atoms with Gasteiger partial charge < -0.3 is 0 Å². The van der Waals surface area contributed by atoms with E-state index >= 15 is 0 Å². The highest BCUT2D eigenvalue weighted by atomic mass is 13.8. The Kier molecular flexibility index (Phi) is 7.58. The SMILES string of the molecule is C/C=C/C=C\CC/C=C/C. The summed E-state index contributed by atoms with van der Waals surface area (Å²) in [5.41, 5.74) is 0. The number of hydrogen-bond donors (Lipinski definition) is 0. The molecule has 0 amide bonds. The molecule has 0 aliphatic carbocycles. The molecule has 0 nitrogen and oxygen atoms in total. The summed E-state index contributed by atoms with van der Waals surface area (Å²) >= 11 is 0. The van der Waals surface area contributed by atoms with Gasteiger partial charge in [0.2, 0.25) is 0 Å². The third-order valence-electron chi connectivity index (χ3n) is 1.18. The Labute approximate surface area is 64.0 Å². The summed E-state index contributed by atoms with van der Waals surface area (Å²) in [5, 5.41) is 0. The van der Waals surface area contributed by atoms with Crippen LogP contribution in [0.3, 0.4) is 0 Å². The highest BCUT2D eigenvalue weighted by Crippen LogP contribution is 1.92. The van der Waals surface area contributed by atoms with Gasteiger partial charge >= 0.3 is 0 Å². The van der Waals surface area contributed by atoms with Crippen LogP contribution in [0.15, 0.2) is 36.5 Å². The second-order valence-electron chi connectivity index (χ2n) is 2.10. The van der Waals surface area contributed by atoms with Gasteiger partial charge in [-0.3, -0.25) is 0 Å². The maximum atomic E-state index is 2.18. The van der Waals surface area contributed by atoms with Gasteiger partial charge in [0, 0.05) is 0 Å². The van der Waals surface area contributed by atoms with E-state index in [4.69, 9.17) is 0 Å². The Bertz CT molecular complexity index is 127. The lowest BCUT2D eigenvalue weighted by atomic mass is 10.2. The van der Waals surface area contributed by atoms with Crippen molar-refractivity contribution in [1.29, 1.82) is 0 Å². The molecule has 0 aromatic rings. The highest BCUT2D eigenvalue weighted by Gasteiger charge is 1.71. The molecule has 0 saturated carbocycles. The average molecular weight is 136 g/mol. The van der Waals surface area contributed by atoms with Crippen LogP contribution in [0.4, 0.5) is 0 Å². The van der Waals surface area contributed by atoms with Crippen LogP contribution in [0.25, 0.3) is 0 Å². The molecule has 0 bridgehead atoms. The number of unbranched alkanes of at least 4 members (excludes halogenated alkanes) is 1. The van der Waals surface area contributed by atoms with Crippen molar-refractivity contribution in [3.63, 3.8) is 0 Å². The molecular weight excluding hydrogens is 120 g/mol. The summed E-state index contributed by atoms with van der Waals surface area (Å²) in [6.45, 7) is 4.08. The van der Waals surface area contributed by atoms with Crippen LogP contribution in [-0.4, -0.2) is 0 Å². The standard InChI is InChI=1S/C10H16/c1-3-5-7-9-10-8-6-4-2/h3-7,9H,8,10H2,1-2H3/b5-3+,6-4+,9-7-. The lowest BCUT2D eigenvalue weighted by Gasteiger charge is -1.82. The van der Waals surface area contributed by atoms with Crippen LogP contribution in [0.2, 0.25) is 0 Å². The summed E-state index contributed by atoms with van der Waals surface area (Å²) in [4.78, 5) is 0. The quantitative estimate of drug-likeness (QED) is 0.315. The first-order valence-corrected chi connectivity index (χ1v) is 3.80. The van der Waals surface area contributed by atoms with Crippen molar-refractivity contribution >= 4 is 0 Å². The first kappa shape index (κ1) is 9.22. The predicted molar refractivity (Wildman–Crippen MR) is 48.0 cm³/mol. The number of allylic oxidation sites excluding steroid dienone is 6. The minimum absolute atomic E-state index is 1.15. The van der Waals surface area contributed by atoms with Gasteiger partial charge in [-0.1, -0.05) is 36.5 Å². The van der Waals surface area contributed by atoms with Crippen molar-refractivity contribution in [2.75, 3.05) is 0 Å². The molecule has 0 N–H and O–H groups in total. The zero-order valence-electron chi connectivity index (χ0n) is 6.88. The first-order valence-electron chi connectivity index (χ1n) is 3.80. The molecule has 0 fully saturated rings. The molecular formula is C10H16. The number of hydrogen-bond acceptors (Lipinski definition) is 0. The van der Waals surface area contributed by atoms with Crippen molar-refractivity contribution in [1.82, 2.24) is 0 Å². The Balaban J connectivity index is 3.18. The molecule has 0 aliphatic heterocycles. The van der Waals surface area contributed by atoms with Gasteiger partial charge in [-0.2, -0.15) is 0 Å². The van der Waals surface area contributed by atoms with Gasteiger partial charge in [-0.05, 0) is 26.7 Å². The number of rotatable bonds is 4. The molecule has 0 saturated heterocycles. The van der Waals surface area contributed by atoms with Gasteiger partial charge in [-0.15, -0.1) is 0 Å². The van der Waals surface area contributed by atoms with Crippen LogP contribution >= 0.6 is 0 Å². The van der Waals surface area contributed by atoms with Crippen LogP contribution < -0.4 is 0 Å². The van der Waals surface area contributed by atoms with Crippen LogP contribution in [-0.2, 0) is 0 Å². The minimum Gasteiger partial charge on any atom is -0.0917 e. The fraction of sp³-hybridized carbons (Fsp3) is 0.400. The molecule has 0 aromatic carbocycles. The molecule has 0 heterocycles. The van der Waals surface area contributed by atoms with Gasteiger partial charge in [0.05, 0.1) is 0 Å². The normalized spacial score (nSPS) is 12.6. The summed E-state index contributed by atoms with van der Waals surface area (Å²) in [7, 11) is 0. The highest BCUT2D eigenvalue weighted by molar-refractivity contribution is 5.01. The van der Waals surface area contributed by atoms with Crippen LogP contribution in [0.5, 0.6) is 0 Å². The summed E-state index contributed by atoms with van der Waals surface area (Å²) in [6.07, 6.45) is 14.9. The van der Waals surface area contributed by atoms with Crippen molar-refractivity contribution in [2.45, 2.75) is 26.7 Å². The molecule has 0 radical (unpaired) electrons. The van der Waals surface area contributed by atoms with Gasteiger partial charge in [-0.25, -0.2) is 0 Å². The third-order valence-corrected chi connectivity index (χ3v) is 1.18. The van der Waals surface area contributed by atoms with E-state index in [9.17, 15) is 0 Å². The van der Waals surface area contributed by atoms with E-state index in [1.807, 2.05) is 13.0 Å². The van der Waals surface area contributed by atoms with Gasteiger partial charge in [0.15, 0.2) is 0 Å². The smallest absolute Gasteiger partial charge is 0.0313 e. The molecule has 0 atom stereocenters. The fourth-order valence-electron chi connectivity index (χ4n) is 0.645. The van der Waals surface area contributed by atoms with Gasteiger partial charge in [0.25, 0.3) is 0 Å². The van der Waals surface area contributed by atoms with E-state index in [0.717, 1.165) is 12.8 Å².